The second-order valence-corrected chi connectivity index (χ2v) is 5.86. The van der Waals surface area contributed by atoms with Gasteiger partial charge in [0.15, 0.2) is 0 Å². The summed E-state index contributed by atoms with van der Waals surface area (Å²) in [6.07, 6.45) is 1.59. The molecule has 1 aromatic carbocycles. The molecule has 0 atom stereocenters. The van der Waals surface area contributed by atoms with Gasteiger partial charge in [0.1, 0.15) is 5.69 Å². The van der Waals surface area contributed by atoms with Crippen molar-refractivity contribution in [1.82, 2.24) is 4.98 Å². The molecule has 0 bridgehead atoms. The molecule has 0 aliphatic carbocycles. The van der Waals surface area contributed by atoms with E-state index < -0.39 is 0 Å². The summed E-state index contributed by atoms with van der Waals surface area (Å²) < 4.78 is 1.74. The molecule has 3 nitrogen and oxygen atoms in total. The molecule has 0 aliphatic heterocycles. The lowest BCUT2D eigenvalue weighted by atomic mass is 10.1. The Hall–Kier alpha value is -1.20. The molecule has 1 heterocycles. The minimum absolute atomic E-state index is 0.228. The van der Waals surface area contributed by atoms with Gasteiger partial charge in [-0.1, -0.05) is 15.9 Å². The molecule has 98 valence electrons. The molecule has 0 saturated heterocycles. The van der Waals surface area contributed by atoms with E-state index in [0.717, 1.165) is 21.3 Å². The second-order valence-electron chi connectivity index (χ2n) is 4.21. The smallest absolute Gasteiger partial charge is 0.275 e. The summed E-state index contributed by atoms with van der Waals surface area (Å²) in [6.45, 7) is 3.98. The highest BCUT2D eigenvalue weighted by Crippen LogP contribution is 2.25. The summed E-state index contributed by atoms with van der Waals surface area (Å²) in [7, 11) is 0. The fourth-order valence-electron chi connectivity index (χ4n) is 1.76. The predicted molar refractivity (Wildman–Crippen MR) is 83.5 cm³/mol. The van der Waals surface area contributed by atoms with Crippen LogP contribution < -0.4 is 5.32 Å². The van der Waals surface area contributed by atoms with Crippen molar-refractivity contribution in [1.29, 1.82) is 0 Å². The standard InChI is InChI=1S/C14H12Br2N2O/c1-8-6-10(7-9(2)12(8)16)18-14(19)13-11(15)4-3-5-17-13/h3-7H,1-2H3,(H,18,19). The number of rotatable bonds is 2. The van der Waals surface area contributed by atoms with E-state index in [1.165, 1.54) is 0 Å². The number of nitrogens with zero attached hydrogens (tertiary/aromatic N) is 1. The van der Waals surface area contributed by atoms with Crippen molar-refractivity contribution >= 4 is 43.5 Å². The molecule has 0 unspecified atom stereocenters. The van der Waals surface area contributed by atoms with Gasteiger partial charge in [-0.15, -0.1) is 0 Å². The van der Waals surface area contributed by atoms with E-state index in [9.17, 15) is 4.79 Å². The van der Waals surface area contributed by atoms with Crippen LogP contribution in [0.3, 0.4) is 0 Å². The number of benzene rings is 1. The summed E-state index contributed by atoms with van der Waals surface area (Å²) in [5, 5.41) is 2.86. The zero-order valence-corrected chi connectivity index (χ0v) is 13.7. The predicted octanol–water partition coefficient (Wildman–Crippen LogP) is 4.48. The van der Waals surface area contributed by atoms with E-state index in [-0.39, 0.29) is 5.91 Å². The molecule has 2 aromatic rings. The molecule has 0 aliphatic rings. The first-order valence-corrected chi connectivity index (χ1v) is 7.26. The summed E-state index contributed by atoms with van der Waals surface area (Å²) in [5.41, 5.74) is 3.30. The molecule has 0 spiro atoms. The largest absolute Gasteiger partial charge is 0.321 e. The van der Waals surface area contributed by atoms with Gasteiger partial charge in [-0.25, -0.2) is 4.98 Å². The summed E-state index contributed by atoms with van der Waals surface area (Å²) in [4.78, 5) is 16.2. The lowest BCUT2D eigenvalue weighted by molar-refractivity contribution is 0.102. The number of nitrogens with one attached hydrogen (secondary N) is 1. The first-order chi connectivity index (χ1) is 8.99. The summed E-state index contributed by atoms with van der Waals surface area (Å²) in [5.74, 6) is -0.228. The van der Waals surface area contributed by atoms with Crippen molar-refractivity contribution in [2.45, 2.75) is 13.8 Å². The number of carbonyl (C=O) groups is 1. The normalized spacial score (nSPS) is 10.3. The molecule has 1 amide bonds. The van der Waals surface area contributed by atoms with E-state index in [1.807, 2.05) is 26.0 Å². The number of halogens is 2. The molecular weight excluding hydrogens is 372 g/mol. The van der Waals surface area contributed by atoms with E-state index in [4.69, 9.17) is 0 Å². The highest BCUT2D eigenvalue weighted by atomic mass is 79.9. The Morgan fingerprint density at radius 3 is 2.42 bits per heavy atom. The number of pyridine rings is 1. The average molecular weight is 384 g/mol. The van der Waals surface area contributed by atoms with Gasteiger partial charge in [-0.05, 0) is 65.2 Å². The number of amides is 1. The van der Waals surface area contributed by atoms with Gasteiger partial charge >= 0.3 is 0 Å². The van der Waals surface area contributed by atoms with Gasteiger partial charge in [0.05, 0.1) is 0 Å². The van der Waals surface area contributed by atoms with Crippen LogP contribution in [0.1, 0.15) is 21.6 Å². The van der Waals surface area contributed by atoms with E-state index in [1.54, 1.807) is 18.3 Å². The zero-order valence-electron chi connectivity index (χ0n) is 10.5. The third-order valence-corrected chi connectivity index (χ3v) is 4.56. The second kappa shape index (κ2) is 5.84. The maximum absolute atomic E-state index is 12.1. The molecule has 19 heavy (non-hydrogen) atoms. The minimum Gasteiger partial charge on any atom is -0.321 e. The van der Waals surface area contributed by atoms with Crippen LogP contribution in [0.25, 0.3) is 0 Å². The molecule has 5 heteroatoms. The van der Waals surface area contributed by atoms with Gasteiger partial charge in [0, 0.05) is 20.8 Å². The summed E-state index contributed by atoms with van der Waals surface area (Å²) in [6, 6.07) is 7.41. The van der Waals surface area contributed by atoms with E-state index >= 15 is 0 Å². The Morgan fingerprint density at radius 2 is 1.84 bits per heavy atom. The lowest BCUT2D eigenvalue weighted by Crippen LogP contribution is -2.14. The minimum atomic E-state index is -0.228. The Morgan fingerprint density at radius 1 is 1.21 bits per heavy atom. The fraction of sp³-hybridized carbons (Fsp3) is 0.143. The number of aromatic nitrogens is 1. The number of hydrogen-bond donors (Lipinski definition) is 1. The van der Waals surface area contributed by atoms with E-state index in [0.29, 0.717) is 10.2 Å². The first-order valence-electron chi connectivity index (χ1n) is 5.67. The molecule has 0 radical (unpaired) electrons. The van der Waals surface area contributed by atoms with Crippen molar-refractivity contribution < 1.29 is 4.79 Å². The fourth-order valence-corrected chi connectivity index (χ4v) is 2.43. The molecule has 1 N–H and O–H groups in total. The Balaban J connectivity index is 2.27. The Labute approximate surface area is 128 Å². The van der Waals surface area contributed by atoms with Crippen LogP contribution in [-0.2, 0) is 0 Å². The van der Waals surface area contributed by atoms with Crippen LogP contribution in [0, 0.1) is 13.8 Å². The van der Waals surface area contributed by atoms with E-state index in [2.05, 4.69) is 42.2 Å². The molecule has 0 saturated carbocycles. The Bertz CT molecular complexity index is 618. The van der Waals surface area contributed by atoms with Crippen molar-refractivity contribution in [3.8, 4) is 0 Å². The molecule has 0 fully saturated rings. The number of hydrogen-bond acceptors (Lipinski definition) is 2. The van der Waals surface area contributed by atoms with Crippen LogP contribution >= 0.6 is 31.9 Å². The van der Waals surface area contributed by atoms with Gasteiger partial charge in [-0.3, -0.25) is 4.79 Å². The third-order valence-electron chi connectivity index (χ3n) is 2.67. The van der Waals surface area contributed by atoms with Crippen molar-refractivity contribution in [2.75, 3.05) is 5.32 Å². The van der Waals surface area contributed by atoms with Crippen LogP contribution in [0.2, 0.25) is 0 Å². The van der Waals surface area contributed by atoms with Crippen LogP contribution in [0.4, 0.5) is 5.69 Å². The van der Waals surface area contributed by atoms with Crippen molar-refractivity contribution in [2.24, 2.45) is 0 Å². The molecule has 1 aromatic heterocycles. The number of aryl methyl sites for hydroxylation is 2. The van der Waals surface area contributed by atoms with Crippen molar-refractivity contribution in [3.63, 3.8) is 0 Å². The van der Waals surface area contributed by atoms with Gasteiger partial charge in [-0.2, -0.15) is 0 Å². The molecule has 2 rings (SSSR count). The monoisotopic (exact) mass is 382 g/mol. The van der Waals surface area contributed by atoms with Gasteiger partial charge < -0.3 is 5.32 Å². The maximum Gasteiger partial charge on any atom is 0.275 e. The quantitative estimate of drug-likeness (QED) is 0.830. The van der Waals surface area contributed by atoms with Gasteiger partial charge in [0.2, 0.25) is 0 Å². The highest BCUT2D eigenvalue weighted by molar-refractivity contribution is 9.10. The third kappa shape index (κ3) is 3.22. The first kappa shape index (κ1) is 14.2. The maximum atomic E-state index is 12.1. The summed E-state index contributed by atoms with van der Waals surface area (Å²) >= 11 is 6.82. The Kier molecular flexibility index (Phi) is 4.37. The lowest BCUT2D eigenvalue weighted by Gasteiger charge is -2.10. The highest BCUT2D eigenvalue weighted by Gasteiger charge is 2.12. The number of anilines is 1. The van der Waals surface area contributed by atoms with Crippen LogP contribution in [-0.4, -0.2) is 10.9 Å². The van der Waals surface area contributed by atoms with Crippen molar-refractivity contribution in [3.05, 3.63) is 56.2 Å². The number of carbonyl (C=O) groups excluding carboxylic acids is 1. The zero-order chi connectivity index (χ0) is 14.0. The molecular formula is C14H12Br2N2O. The van der Waals surface area contributed by atoms with Crippen LogP contribution in [0.15, 0.2) is 39.4 Å². The topological polar surface area (TPSA) is 42.0 Å². The van der Waals surface area contributed by atoms with Gasteiger partial charge in [0.25, 0.3) is 5.91 Å². The van der Waals surface area contributed by atoms with Crippen LogP contribution in [0.5, 0.6) is 0 Å². The SMILES string of the molecule is Cc1cc(NC(=O)c2ncccc2Br)cc(C)c1Br. The average Bonchev–Trinajstić information content (AvgIpc) is 2.36.